The first kappa shape index (κ1) is 18.4. The number of urea groups is 1. The third-order valence-electron chi connectivity index (χ3n) is 5.79. The third-order valence-corrected chi connectivity index (χ3v) is 5.79. The Morgan fingerprint density at radius 2 is 1.79 bits per heavy atom. The lowest BCUT2D eigenvalue weighted by Gasteiger charge is -2.32. The van der Waals surface area contributed by atoms with Crippen LogP contribution in [-0.4, -0.2) is 34.7 Å². The SMILES string of the molecule is CCCc1ccc(C(=O)CN2C(=O)NC3(CCc4ccccc4C3)C2=O)cc1. The van der Waals surface area contributed by atoms with E-state index in [0.29, 0.717) is 18.4 Å². The van der Waals surface area contributed by atoms with Crippen LogP contribution >= 0.6 is 0 Å². The summed E-state index contributed by atoms with van der Waals surface area (Å²) in [6, 6.07) is 14.9. The number of carbonyl (C=O) groups excluding carboxylic acids is 3. The molecule has 5 heteroatoms. The topological polar surface area (TPSA) is 66.5 Å². The molecule has 2 aromatic carbocycles. The van der Waals surface area contributed by atoms with E-state index < -0.39 is 11.6 Å². The lowest BCUT2D eigenvalue weighted by molar-refractivity contribution is -0.131. The number of fused-ring (bicyclic) bond motifs is 1. The van der Waals surface area contributed by atoms with Gasteiger partial charge < -0.3 is 5.32 Å². The molecule has 2 aromatic rings. The average molecular weight is 376 g/mol. The van der Waals surface area contributed by atoms with E-state index in [4.69, 9.17) is 0 Å². The number of aryl methyl sites for hydroxylation is 2. The predicted molar refractivity (Wildman–Crippen MR) is 106 cm³/mol. The van der Waals surface area contributed by atoms with Gasteiger partial charge in [0.2, 0.25) is 0 Å². The van der Waals surface area contributed by atoms with Gasteiger partial charge in [0.25, 0.3) is 5.91 Å². The Labute approximate surface area is 164 Å². The van der Waals surface area contributed by atoms with Crippen molar-refractivity contribution in [2.75, 3.05) is 6.54 Å². The zero-order valence-electron chi connectivity index (χ0n) is 16.0. The van der Waals surface area contributed by atoms with Gasteiger partial charge in [-0.05, 0) is 36.0 Å². The highest BCUT2D eigenvalue weighted by Gasteiger charge is 2.52. The van der Waals surface area contributed by atoms with E-state index in [-0.39, 0.29) is 18.2 Å². The van der Waals surface area contributed by atoms with Crippen LogP contribution in [-0.2, 0) is 24.1 Å². The quantitative estimate of drug-likeness (QED) is 0.643. The summed E-state index contributed by atoms with van der Waals surface area (Å²) in [4.78, 5) is 39.4. The van der Waals surface area contributed by atoms with Gasteiger partial charge in [-0.15, -0.1) is 0 Å². The molecule has 1 N–H and O–H groups in total. The third kappa shape index (κ3) is 3.21. The van der Waals surface area contributed by atoms with Crippen molar-refractivity contribution >= 4 is 17.7 Å². The standard InChI is InChI=1S/C23H24N2O3/c1-2-5-16-8-10-18(11-9-16)20(26)15-25-21(27)23(24-22(25)28)13-12-17-6-3-4-7-19(17)14-23/h3-4,6-11H,2,5,12-15H2,1H3,(H,24,28). The summed E-state index contributed by atoms with van der Waals surface area (Å²) in [5, 5.41) is 2.88. The number of hydrogen-bond acceptors (Lipinski definition) is 3. The second-order valence-electron chi connectivity index (χ2n) is 7.72. The van der Waals surface area contributed by atoms with Crippen LogP contribution < -0.4 is 5.32 Å². The molecule has 4 rings (SSSR count). The maximum absolute atomic E-state index is 13.1. The van der Waals surface area contributed by atoms with Gasteiger partial charge in [-0.25, -0.2) is 4.79 Å². The van der Waals surface area contributed by atoms with Gasteiger partial charge in [0.05, 0.1) is 6.54 Å². The Hall–Kier alpha value is -2.95. The number of nitrogens with one attached hydrogen (secondary N) is 1. The predicted octanol–water partition coefficient (Wildman–Crippen LogP) is 3.30. The van der Waals surface area contributed by atoms with Crippen molar-refractivity contribution in [3.05, 3.63) is 70.8 Å². The molecule has 1 aliphatic carbocycles. The van der Waals surface area contributed by atoms with Gasteiger partial charge >= 0.3 is 6.03 Å². The zero-order valence-corrected chi connectivity index (χ0v) is 16.0. The fourth-order valence-corrected chi connectivity index (χ4v) is 4.23. The van der Waals surface area contributed by atoms with Crippen molar-refractivity contribution in [1.82, 2.24) is 10.2 Å². The molecule has 1 fully saturated rings. The molecule has 28 heavy (non-hydrogen) atoms. The first-order valence-corrected chi connectivity index (χ1v) is 9.85. The molecular weight excluding hydrogens is 352 g/mol. The molecule has 5 nitrogen and oxygen atoms in total. The molecule has 0 bridgehead atoms. The fourth-order valence-electron chi connectivity index (χ4n) is 4.23. The number of rotatable bonds is 5. The number of ketones is 1. The number of nitrogens with zero attached hydrogens (tertiary/aromatic N) is 1. The minimum Gasteiger partial charge on any atom is -0.323 e. The van der Waals surface area contributed by atoms with Gasteiger partial charge in [0.1, 0.15) is 5.54 Å². The number of imide groups is 1. The fraction of sp³-hybridized carbons (Fsp3) is 0.348. The lowest BCUT2D eigenvalue weighted by atomic mass is 9.78. The molecule has 1 aliphatic heterocycles. The van der Waals surface area contributed by atoms with Crippen LogP contribution in [0, 0.1) is 0 Å². The van der Waals surface area contributed by atoms with E-state index in [1.54, 1.807) is 12.1 Å². The Morgan fingerprint density at radius 1 is 1.07 bits per heavy atom. The van der Waals surface area contributed by atoms with Crippen molar-refractivity contribution in [3.63, 3.8) is 0 Å². The zero-order chi connectivity index (χ0) is 19.7. The molecule has 0 saturated carbocycles. The van der Waals surface area contributed by atoms with Crippen LogP contribution in [0.25, 0.3) is 0 Å². The van der Waals surface area contributed by atoms with Gasteiger partial charge in [0, 0.05) is 12.0 Å². The van der Waals surface area contributed by atoms with Gasteiger partial charge in [-0.3, -0.25) is 14.5 Å². The smallest absolute Gasteiger partial charge is 0.323 e. The Kier molecular flexibility index (Phi) is 4.75. The number of amides is 3. The van der Waals surface area contributed by atoms with Crippen LogP contribution in [0.4, 0.5) is 4.79 Å². The summed E-state index contributed by atoms with van der Waals surface area (Å²) in [5.74, 6) is -0.511. The minimum absolute atomic E-state index is 0.221. The molecule has 3 amide bonds. The van der Waals surface area contributed by atoms with Crippen molar-refractivity contribution < 1.29 is 14.4 Å². The van der Waals surface area contributed by atoms with Crippen LogP contribution in [0.1, 0.15) is 46.8 Å². The molecule has 1 saturated heterocycles. The summed E-state index contributed by atoms with van der Waals surface area (Å²) in [6.07, 6.45) is 3.78. The summed E-state index contributed by atoms with van der Waals surface area (Å²) >= 11 is 0. The number of Topliss-reactive ketones (excluding diaryl/α,β-unsaturated/α-hetero) is 1. The Balaban J connectivity index is 1.49. The van der Waals surface area contributed by atoms with Crippen LogP contribution in [0.15, 0.2) is 48.5 Å². The van der Waals surface area contributed by atoms with Crippen LogP contribution in [0.3, 0.4) is 0 Å². The summed E-state index contributed by atoms with van der Waals surface area (Å²) in [6.45, 7) is 1.89. The molecule has 1 atom stereocenters. The van der Waals surface area contributed by atoms with Crippen molar-refractivity contribution in [3.8, 4) is 0 Å². The maximum Gasteiger partial charge on any atom is 0.325 e. The first-order valence-electron chi connectivity index (χ1n) is 9.85. The lowest BCUT2D eigenvalue weighted by Crippen LogP contribution is -2.51. The Bertz CT molecular complexity index is 935. The van der Waals surface area contributed by atoms with Crippen molar-refractivity contribution in [2.45, 2.75) is 44.6 Å². The highest BCUT2D eigenvalue weighted by atomic mass is 16.2. The van der Waals surface area contributed by atoms with Gasteiger partial charge in [0.15, 0.2) is 5.78 Å². The second-order valence-corrected chi connectivity index (χ2v) is 7.72. The van der Waals surface area contributed by atoms with Gasteiger partial charge in [-0.1, -0.05) is 61.9 Å². The van der Waals surface area contributed by atoms with E-state index in [9.17, 15) is 14.4 Å². The van der Waals surface area contributed by atoms with E-state index in [2.05, 4.69) is 18.3 Å². The molecule has 1 heterocycles. The molecule has 0 aromatic heterocycles. The first-order chi connectivity index (χ1) is 13.5. The van der Waals surface area contributed by atoms with Crippen molar-refractivity contribution in [2.24, 2.45) is 0 Å². The Morgan fingerprint density at radius 3 is 2.50 bits per heavy atom. The van der Waals surface area contributed by atoms with Crippen LogP contribution in [0.2, 0.25) is 0 Å². The van der Waals surface area contributed by atoms with Crippen molar-refractivity contribution in [1.29, 1.82) is 0 Å². The van der Waals surface area contributed by atoms with E-state index in [0.717, 1.165) is 29.7 Å². The van der Waals surface area contributed by atoms with Gasteiger partial charge in [-0.2, -0.15) is 0 Å². The molecule has 1 unspecified atom stereocenters. The van der Waals surface area contributed by atoms with E-state index in [1.165, 1.54) is 11.1 Å². The van der Waals surface area contributed by atoms with Crippen LogP contribution in [0.5, 0.6) is 0 Å². The highest BCUT2D eigenvalue weighted by Crippen LogP contribution is 2.33. The summed E-state index contributed by atoms with van der Waals surface area (Å²) < 4.78 is 0. The summed E-state index contributed by atoms with van der Waals surface area (Å²) in [7, 11) is 0. The van der Waals surface area contributed by atoms with E-state index in [1.807, 2.05) is 30.3 Å². The average Bonchev–Trinajstić information content (AvgIpc) is 2.92. The normalized spacial score (nSPS) is 21.0. The monoisotopic (exact) mass is 376 g/mol. The molecule has 2 aliphatic rings. The minimum atomic E-state index is -0.920. The number of benzene rings is 2. The number of carbonyl (C=O) groups is 3. The molecule has 1 spiro atoms. The summed E-state index contributed by atoms with van der Waals surface area (Å²) in [5.41, 5.74) is 3.08. The largest absolute Gasteiger partial charge is 0.325 e. The molecule has 144 valence electrons. The molecular formula is C23H24N2O3. The number of hydrogen-bond donors (Lipinski definition) is 1. The highest BCUT2D eigenvalue weighted by molar-refractivity contribution is 6.11. The maximum atomic E-state index is 13.1. The van der Waals surface area contributed by atoms with E-state index >= 15 is 0 Å². The molecule has 0 radical (unpaired) electrons. The second kappa shape index (κ2) is 7.23.